The number of hydrazine groups is 2. The van der Waals surface area contributed by atoms with E-state index in [0.29, 0.717) is 6.54 Å². The number of alkyl halides is 1. The van der Waals surface area contributed by atoms with Crippen LogP contribution in [0.5, 0.6) is 0 Å². The molecule has 1 aromatic carbocycles. The highest BCUT2D eigenvalue weighted by molar-refractivity contribution is 9.09. The number of ether oxygens (including phenoxy) is 1. The van der Waals surface area contributed by atoms with Gasteiger partial charge in [-0.1, -0.05) is 53.2 Å². The van der Waals surface area contributed by atoms with Gasteiger partial charge in [-0.3, -0.25) is 20.4 Å². The summed E-state index contributed by atoms with van der Waals surface area (Å²) in [7, 11) is 0. The summed E-state index contributed by atoms with van der Waals surface area (Å²) in [5.74, 6) is -0.700. The van der Waals surface area contributed by atoms with Crippen LogP contribution >= 0.6 is 15.9 Å². The minimum absolute atomic E-state index is 0.0698. The molecule has 0 aliphatic carbocycles. The lowest BCUT2D eigenvalue weighted by Gasteiger charge is -2.28. The lowest BCUT2D eigenvalue weighted by Crippen LogP contribution is -2.53. The first-order valence-corrected chi connectivity index (χ1v) is 10.2. The van der Waals surface area contributed by atoms with Gasteiger partial charge in [0.15, 0.2) is 0 Å². The van der Waals surface area contributed by atoms with Crippen molar-refractivity contribution in [2.45, 2.75) is 46.3 Å². The molecule has 0 heterocycles. The molecule has 0 fully saturated rings. The van der Waals surface area contributed by atoms with E-state index in [0.717, 1.165) is 12.0 Å². The van der Waals surface area contributed by atoms with Crippen LogP contribution in [-0.4, -0.2) is 51.9 Å². The normalized spacial score (nSPS) is 11.1. The van der Waals surface area contributed by atoms with E-state index in [1.807, 2.05) is 37.3 Å². The second kappa shape index (κ2) is 11.7. The summed E-state index contributed by atoms with van der Waals surface area (Å²) in [5.41, 5.74) is 5.40. The van der Waals surface area contributed by atoms with E-state index < -0.39 is 11.7 Å². The third-order valence-corrected chi connectivity index (χ3v) is 3.84. The SMILES string of the molecule is CCCN(CC(=O)N(Cc1ccccc1)NC(=O)CBr)NC(=O)OC(C)(C)C. The first-order chi connectivity index (χ1) is 13.1. The maximum Gasteiger partial charge on any atom is 0.422 e. The third kappa shape index (κ3) is 9.70. The quantitative estimate of drug-likeness (QED) is 0.463. The van der Waals surface area contributed by atoms with E-state index in [1.54, 1.807) is 20.8 Å². The number of nitrogens with zero attached hydrogens (tertiary/aromatic N) is 2. The Bertz CT molecular complexity index is 649. The molecule has 0 aliphatic rings. The molecule has 0 radical (unpaired) electrons. The molecule has 0 spiro atoms. The van der Waals surface area contributed by atoms with E-state index >= 15 is 0 Å². The van der Waals surface area contributed by atoms with Gasteiger partial charge in [0.1, 0.15) is 5.60 Å². The Morgan fingerprint density at radius 2 is 1.75 bits per heavy atom. The minimum Gasteiger partial charge on any atom is -0.443 e. The Morgan fingerprint density at radius 3 is 2.29 bits per heavy atom. The van der Waals surface area contributed by atoms with Crippen LogP contribution in [0.2, 0.25) is 0 Å². The highest BCUT2D eigenvalue weighted by Gasteiger charge is 2.23. The number of halogens is 1. The first-order valence-electron chi connectivity index (χ1n) is 9.09. The first kappa shape index (κ1) is 23.9. The molecule has 0 aliphatic heterocycles. The molecule has 0 bridgehead atoms. The summed E-state index contributed by atoms with van der Waals surface area (Å²) in [6, 6.07) is 9.32. The fourth-order valence-electron chi connectivity index (χ4n) is 2.26. The van der Waals surface area contributed by atoms with Crippen molar-refractivity contribution < 1.29 is 19.1 Å². The molecule has 1 rings (SSSR count). The van der Waals surface area contributed by atoms with Crippen molar-refractivity contribution >= 4 is 33.8 Å². The number of carbonyl (C=O) groups is 3. The number of carbonyl (C=O) groups excluding carboxylic acids is 3. The van der Waals surface area contributed by atoms with Crippen LogP contribution in [0.4, 0.5) is 4.79 Å². The van der Waals surface area contributed by atoms with E-state index in [1.165, 1.54) is 10.0 Å². The van der Waals surface area contributed by atoms with Gasteiger partial charge in [0.25, 0.3) is 5.91 Å². The summed E-state index contributed by atoms with van der Waals surface area (Å²) in [6.07, 6.45) is 0.0862. The maximum absolute atomic E-state index is 12.8. The number of nitrogens with one attached hydrogen (secondary N) is 2. The smallest absolute Gasteiger partial charge is 0.422 e. The molecule has 2 N–H and O–H groups in total. The second-order valence-electron chi connectivity index (χ2n) is 7.17. The zero-order valence-electron chi connectivity index (χ0n) is 16.8. The largest absolute Gasteiger partial charge is 0.443 e. The number of hydrogen-bond donors (Lipinski definition) is 2. The van der Waals surface area contributed by atoms with Gasteiger partial charge in [-0.25, -0.2) is 14.8 Å². The predicted octanol–water partition coefficient (Wildman–Crippen LogP) is 2.59. The molecular formula is C19H29BrN4O4. The third-order valence-electron chi connectivity index (χ3n) is 3.33. The summed E-state index contributed by atoms with van der Waals surface area (Å²) >= 11 is 3.08. The Hall–Kier alpha value is -2.13. The van der Waals surface area contributed by atoms with Gasteiger partial charge >= 0.3 is 6.09 Å². The molecule has 28 heavy (non-hydrogen) atoms. The van der Waals surface area contributed by atoms with Crippen molar-refractivity contribution in [1.29, 1.82) is 0 Å². The van der Waals surface area contributed by atoms with Crippen LogP contribution in [0.15, 0.2) is 30.3 Å². The predicted molar refractivity (Wildman–Crippen MR) is 110 cm³/mol. The molecule has 156 valence electrons. The highest BCUT2D eigenvalue weighted by atomic mass is 79.9. The van der Waals surface area contributed by atoms with Crippen LogP contribution in [0, 0.1) is 0 Å². The lowest BCUT2D eigenvalue weighted by atomic mass is 10.2. The maximum atomic E-state index is 12.8. The Kier molecular flexibility index (Phi) is 9.95. The molecule has 1 aromatic rings. The van der Waals surface area contributed by atoms with Crippen molar-refractivity contribution in [2.75, 3.05) is 18.4 Å². The summed E-state index contributed by atoms with van der Waals surface area (Å²) in [4.78, 5) is 36.7. The van der Waals surface area contributed by atoms with Crippen molar-refractivity contribution in [2.24, 2.45) is 0 Å². The Labute approximate surface area is 174 Å². The molecule has 9 heteroatoms. The topological polar surface area (TPSA) is 91.0 Å². The van der Waals surface area contributed by atoms with Crippen molar-refractivity contribution in [1.82, 2.24) is 20.9 Å². The Morgan fingerprint density at radius 1 is 1.11 bits per heavy atom. The molecule has 0 atom stereocenters. The standard InChI is InChI=1S/C19H29BrN4O4/c1-5-11-23(22-18(27)28-19(2,3)4)14-17(26)24(21-16(25)12-20)13-15-9-7-6-8-10-15/h6-10H,5,11-14H2,1-4H3,(H,21,25)(H,22,27). The van der Waals surface area contributed by atoms with Crippen LogP contribution < -0.4 is 10.9 Å². The minimum atomic E-state index is -0.644. The van der Waals surface area contributed by atoms with E-state index in [2.05, 4.69) is 26.8 Å². The molecule has 0 aromatic heterocycles. The fraction of sp³-hybridized carbons (Fsp3) is 0.526. The van der Waals surface area contributed by atoms with Gasteiger partial charge in [-0.2, -0.15) is 0 Å². The average Bonchev–Trinajstić information content (AvgIpc) is 2.60. The van der Waals surface area contributed by atoms with E-state index in [-0.39, 0.29) is 30.2 Å². The van der Waals surface area contributed by atoms with Gasteiger partial charge in [-0.05, 0) is 32.8 Å². The number of amides is 3. The number of rotatable bonds is 8. The molecule has 0 unspecified atom stereocenters. The van der Waals surface area contributed by atoms with Gasteiger partial charge < -0.3 is 4.74 Å². The molecule has 8 nitrogen and oxygen atoms in total. The lowest BCUT2D eigenvalue weighted by molar-refractivity contribution is -0.142. The molecule has 0 saturated heterocycles. The monoisotopic (exact) mass is 456 g/mol. The van der Waals surface area contributed by atoms with Crippen molar-refractivity contribution in [3.63, 3.8) is 0 Å². The van der Waals surface area contributed by atoms with Gasteiger partial charge in [0.2, 0.25) is 5.91 Å². The zero-order chi connectivity index (χ0) is 21.2. The summed E-state index contributed by atoms with van der Waals surface area (Å²) in [6.45, 7) is 7.78. The van der Waals surface area contributed by atoms with Crippen LogP contribution in [0.1, 0.15) is 39.7 Å². The van der Waals surface area contributed by atoms with Gasteiger partial charge in [0, 0.05) is 6.54 Å². The van der Waals surface area contributed by atoms with E-state index in [4.69, 9.17) is 4.74 Å². The van der Waals surface area contributed by atoms with Crippen LogP contribution in [0.25, 0.3) is 0 Å². The van der Waals surface area contributed by atoms with E-state index in [9.17, 15) is 14.4 Å². The van der Waals surface area contributed by atoms with Crippen LogP contribution in [0.3, 0.4) is 0 Å². The van der Waals surface area contributed by atoms with Crippen molar-refractivity contribution in [3.05, 3.63) is 35.9 Å². The Balaban J connectivity index is 2.82. The number of benzene rings is 1. The van der Waals surface area contributed by atoms with Gasteiger partial charge in [-0.15, -0.1) is 0 Å². The molecule has 3 amide bonds. The van der Waals surface area contributed by atoms with Crippen molar-refractivity contribution in [3.8, 4) is 0 Å². The fourth-order valence-corrected chi connectivity index (χ4v) is 2.38. The summed E-state index contributed by atoms with van der Waals surface area (Å²) in [5, 5.41) is 2.80. The summed E-state index contributed by atoms with van der Waals surface area (Å²) < 4.78 is 5.24. The van der Waals surface area contributed by atoms with Crippen LogP contribution in [-0.2, 0) is 20.9 Å². The highest BCUT2D eigenvalue weighted by Crippen LogP contribution is 2.07. The second-order valence-corrected chi connectivity index (χ2v) is 7.73. The average molecular weight is 457 g/mol. The zero-order valence-corrected chi connectivity index (χ0v) is 18.4. The molecular weight excluding hydrogens is 428 g/mol. The number of hydrogen-bond acceptors (Lipinski definition) is 5. The van der Waals surface area contributed by atoms with Gasteiger partial charge in [0.05, 0.1) is 18.4 Å². The molecule has 0 saturated carbocycles.